The number of carbonyl (C=O) groups is 1. The fraction of sp³-hybridized carbons (Fsp3) is 0.611. The Morgan fingerprint density at radius 1 is 1.08 bits per heavy atom. The molecule has 3 N–H and O–H groups in total. The third kappa shape index (κ3) is 2.84. The highest BCUT2D eigenvalue weighted by molar-refractivity contribution is 5.85. The summed E-state index contributed by atoms with van der Waals surface area (Å²) in [7, 11) is 0. The van der Waals surface area contributed by atoms with Gasteiger partial charge in [-0.2, -0.15) is 0 Å². The van der Waals surface area contributed by atoms with Crippen molar-refractivity contribution in [1.29, 1.82) is 0 Å². The summed E-state index contributed by atoms with van der Waals surface area (Å²) < 4.78 is 0. The Morgan fingerprint density at radius 2 is 1.75 bits per heavy atom. The molecule has 3 aliphatic rings. The maximum atomic E-state index is 12.9. The van der Waals surface area contributed by atoms with E-state index in [-0.39, 0.29) is 30.3 Å². The van der Waals surface area contributed by atoms with Crippen molar-refractivity contribution in [2.45, 2.75) is 25.3 Å². The Kier molecular flexibility index (Phi) is 4.92. The standard InChI is InChI=1S/C18H25N3O2.ClH/c19-17-13-6-5-12(11-13)16(17)18(23)21-9-7-20(8-10-21)14-3-1-2-4-15(14)22;/h1-4,12-13,16-17,22H,5-11,19H2;1H. The van der Waals surface area contributed by atoms with Crippen molar-refractivity contribution in [2.24, 2.45) is 23.5 Å². The van der Waals surface area contributed by atoms with Gasteiger partial charge < -0.3 is 20.6 Å². The Bertz CT molecular complexity index is 602. The summed E-state index contributed by atoms with van der Waals surface area (Å²) in [6, 6.07) is 7.47. The van der Waals surface area contributed by atoms with Crippen LogP contribution in [0.25, 0.3) is 0 Å². The molecule has 5 nitrogen and oxygen atoms in total. The number of fused-ring (bicyclic) bond motifs is 2. The first-order chi connectivity index (χ1) is 11.1. The van der Waals surface area contributed by atoms with Gasteiger partial charge in [0.25, 0.3) is 0 Å². The first kappa shape index (κ1) is 17.4. The number of benzene rings is 1. The van der Waals surface area contributed by atoms with E-state index < -0.39 is 0 Å². The number of para-hydroxylation sites is 2. The van der Waals surface area contributed by atoms with Gasteiger partial charge in [-0.25, -0.2) is 0 Å². The number of hydrogen-bond donors (Lipinski definition) is 2. The quantitative estimate of drug-likeness (QED) is 0.853. The molecule has 3 fully saturated rings. The molecule has 4 unspecified atom stereocenters. The van der Waals surface area contributed by atoms with Gasteiger partial charge in [0.05, 0.1) is 11.6 Å². The zero-order chi connectivity index (χ0) is 16.0. The van der Waals surface area contributed by atoms with E-state index in [1.807, 2.05) is 23.1 Å². The lowest BCUT2D eigenvalue weighted by Crippen LogP contribution is -2.54. The molecule has 2 aliphatic carbocycles. The molecule has 6 heteroatoms. The number of amides is 1. The van der Waals surface area contributed by atoms with Crippen LogP contribution in [0.4, 0.5) is 5.69 Å². The summed E-state index contributed by atoms with van der Waals surface area (Å²) in [4.78, 5) is 17.0. The summed E-state index contributed by atoms with van der Waals surface area (Å²) in [6.45, 7) is 2.96. The molecule has 1 aliphatic heterocycles. The van der Waals surface area contributed by atoms with Crippen LogP contribution in [0.5, 0.6) is 5.75 Å². The Morgan fingerprint density at radius 3 is 2.38 bits per heavy atom. The van der Waals surface area contributed by atoms with Crippen LogP contribution >= 0.6 is 12.4 Å². The summed E-state index contributed by atoms with van der Waals surface area (Å²) >= 11 is 0. The minimum atomic E-state index is 0. The number of nitrogens with two attached hydrogens (primary N) is 1. The topological polar surface area (TPSA) is 69.8 Å². The van der Waals surface area contributed by atoms with Crippen molar-refractivity contribution in [3.63, 3.8) is 0 Å². The fourth-order valence-corrected chi connectivity index (χ4v) is 4.81. The van der Waals surface area contributed by atoms with Gasteiger partial charge in [-0.05, 0) is 43.2 Å². The highest BCUT2D eigenvalue weighted by Crippen LogP contribution is 2.48. The molecule has 24 heavy (non-hydrogen) atoms. The molecule has 4 atom stereocenters. The second kappa shape index (κ2) is 6.81. The maximum Gasteiger partial charge on any atom is 0.227 e. The molecule has 1 aromatic carbocycles. The van der Waals surface area contributed by atoms with E-state index in [1.54, 1.807) is 6.07 Å². The molecular formula is C18H26ClN3O2. The third-order valence-corrected chi connectivity index (χ3v) is 6.08. The molecule has 0 radical (unpaired) electrons. The lowest BCUT2D eigenvalue weighted by Gasteiger charge is -2.39. The van der Waals surface area contributed by atoms with Gasteiger partial charge in [0.2, 0.25) is 5.91 Å². The Balaban J connectivity index is 0.00000169. The summed E-state index contributed by atoms with van der Waals surface area (Å²) in [5.74, 6) is 1.70. The van der Waals surface area contributed by atoms with Crippen LogP contribution in [0, 0.1) is 17.8 Å². The van der Waals surface area contributed by atoms with Gasteiger partial charge in [-0.1, -0.05) is 12.1 Å². The number of hydrogen-bond acceptors (Lipinski definition) is 4. The largest absolute Gasteiger partial charge is 0.506 e. The number of nitrogens with zero attached hydrogens (tertiary/aromatic N) is 2. The summed E-state index contributed by atoms with van der Waals surface area (Å²) in [5, 5.41) is 9.98. The van der Waals surface area contributed by atoms with Crippen molar-refractivity contribution in [2.75, 3.05) is 31.1 Å². The van der Waals surface area contributed by atoms with Crippen LogP contribution in [0.15, 0.2) is 24.3 Å². The van der Waals surface area contributed by atoms with E-state index in [4.69, 9.17) is 5.73 Å². The summed E-state index contributed by atoms with van der Waals surface area (Å²) in [6.07, 6.45) is 3.53. The lowest BCUT2D eigenvalue weighted by atomic mass is 9.84. The Hall–Kier alpha value is -1.46. The van der Waals surface area contributed by atoms with Crippen LogP contribution in [-0.2, 0) is 4.79 Å². The first-order valence-electron chi connectivity index (χ1n) is 8.72. The average molecular weight is 352 g/mol. The van der Waals surface area contributed by atoms with Crippen LogP contribution in [0.1, 0.15) is 19.3 Å². The number of aromatic hydroxyl groups is 1. The van der Waals surface area contributed by atoms with E-state index in [2.05, 4.69) is 4.90 Å². The van der Waals surface area contributed by atoms with Crippen LogP contribution in [0.2, 0.25) is 0 Å². The van der Waals surface area contributed by atoms with Crippen molar-refractivity contribution < 1.29 is 9.90 Å². The second-order valence-electron chi connectivity index (χ2n) is 7.24. The number of anilines is 1. The van der Waals surface area contributed by atoms with E-state index in [1.165, 1.54) is 12.8 Å². The van der Waals surface area contributed by atoms with Gasteiger partial charge in [-0.3, -0.25) is 4.79 Å². The molecule has 1 aromatic rings. The van der Waals surface area contributed by atoms with Gasteiger partial charge in [0.1, 0.15) is 5.75 Å². The highest BCUT2D eigenvalue weighted by atomic mass is 35.5. The number of phenols is 1. The normalized spacial score (nSPS) is 31.9. The minimum absolute atomic E-state index is 0. The highest BCUT2D eigenvalue weighted by Gasteiger charge is 2.50. The molecule has 1 amide bonds. The summed E-state index contributed by atoms with van der Waals surface area (Å²) in [5.41, 5.74) is 7.18. The van der Waals surface area contributed by atoms with Gasteiger partial charge >= 0.3 is 0 Å². The zero-order valence-electron chi connectivity index (χ0n) is 13.8. The third-order valence-electron chi connectivity index (χ3n) is 6.08. The monoisotopic (exact) mass is 351 g/mol. The van der Waals surface area contributed by atoms with Crippen molar-refractivity contribution in [1.82, 2.24) is 4.90 Å². The van der Waals surface area contributed by atoms with Gasteiger partial charge in [0, 0.05) is 32.2 Å². The molecule has 1 saturated heterocycles. The number of rotatable bonds is 2. The average Bonchev–Trinajstić information content (AvgIpc) is 3.16. The number of piperazine rings is 1. The van der Waals surface area contributed by atoms with Gasteiger partial charge in [-0.15, -0.1) is 12.4 Å². The van der Waals surface area contributed by atoms with Crippen LogP contribution in [0.3, 0.4) is 0 Å². The molecule has 0 spiro atoms. The fourth-order valence-electron chi connectivity index (χ4n) is 4.81. The van der Waals surface area contributed by atoms with Gasteiger partial charge in [0.15, 0.2) is 0 Å². The zero-order valence-corrected chi connectivity index (χ0v) is 14.6. The molecule has 1 heterocycles. The van der Waals surface area contributed by atoms with Crippen LogP contribution in [-0.4, -0.2) is 48.1 Å². The predicted octanol–water partition coefficient (Wildman–Crippen LogP) is 1.84. The number of halogens is 1. The van der Waals surface area contributed by atoms with E-state index >= 15 is 0 Å². The molecule has 2 bridgehead atoms. The smallest absolute Gasteiger partial charge is 0.227 e. The molecule has 4 rings (SSSR count). The van der Waals surface area contributed by atoms with E-state index in [9.17, 15) is 9.90 Å². The number of phenolic OH excluding ortho intramolecular Hbond substituents is 1. The molecule has 2 saturated carbocycles. The predicted molar refractivity (Wildman–Crippen MR) is 96.4 cm³/mol. The van der Waals surface area contributed by atoms with Crippen LogP contribution < -0.4 is 10.6 Å². The molecular weight excluding hydrogens is 326 g/mol. The van der Waals surface area contributed by atoms with Crippen molar-refractivity contribution >= 4 is 24.0 Å². The van der Waals surface area contributed by atoms with Crippen molar-refractivity contribution in [3.8, 4) is 5.75 Å². The lowest BCUT2D eigenvalue weighted by molar-refractivity contribution is -0.138. The SMILES string of the molecule is Cl.NC1C2CCC(C2)C1C(=O)N1CCN(c2ccccc2O)CC1. The minimum Gasteiger partial charge on any atom is -0.506 e. The Labute approximate surface area is 149 Å². The maximum absolute atomic E-state index is 12.9. The number of carbonyl (C=O) groups excluding carboxylic acids is 1. The van der Waals surface area contributed by atoms with E-state index in [0.29, 0.717) is 30.7 Å². The van der Waals surface area contributed by atoms with E-state index in [0.717, 1.165) is 25.2 Å². The molecule has 132 valence electrons. The van der Waals surface area contributed by atoms with Crippen molar-refractivity contribution in [3.05, 3.63) is 24.3 Å². The first-order valence-corrected chi connectivity index (χ1v) is 8.72. The second-order valence-corrected chi connectivity index (χ2v) is 7.24. The molecule has 0 aromatic heterocycles.